The maximum Gasteiger partial charge on any atom is 0.325 e. The van der Waals surface area contributed by atoms with Crippen molar-refractivity contribution in [2.45, 2.75) is 46.6 Å². The van der Waals surface area contributed by atoms with Crippen molar-refractivity contribution < 1.29 is 14.4 Å². The number of carbonyl (C=O) groups excluding carboxylic acids is 3. The molecule has 0 saturated carbocycles. The van der Waals surface area contributed by atoms with E-state index in [0.717, 1.165) is 32.7 Å². The molecule has 0 radical (unpaired) electrons. The summed E-state index contributed by atoms with van der Waals surface area (Å²) < 4.78 is 0. The van der Waals surface area contributed by atoms with Crippen LogP contribution in [0.1, 0.15) is 51.5 Å². The van der Waals surface area contributed by atoms with Crippen LogP contribution < -0.4 is 5.32 Å². The highest BCUT2D eigenvalue weighted by molar-refractivity contribution is 6.12. The van der Waals surface area contributed by atoms with Crippen molar-refractivity contribution in [1.82, 2.24) is 10.2 Å². The number of ketones is 1. The molecule has 1 aliphatic rings. The quantitative estimate of drug-likeness (QED) is 0.633. The molecule has 5 heteroatoms. The molecule has 5 nitrogen and oxygen atoms in total. The molecular formula is C23H26N2O3. The second-order valence-electron chi connectivity index (χ2n) is 7.50. The van der Waals surface area contributed by atoms with Gasteiger partial charge < -0.3 is 5.32 Å². The Kier molecular flexibility index (Phi) is 5.11. The average Bonchev–Trinajstić information content (AvgIpc) is 2.92. The van der Waals surface area contributed by atoms with Crippen molar-refractivity contribution in [3.8, 4) is 0 Å². The van der Waals surface area contributed by atoms with Crippen LogP contribution in [0.5, 0.6) is 0 Å². The molecule has 3 rings (SSSR count). The molecule has 0 unspecified atom stereocenters. The molecule has 0 aromatic heterocycles. The number of benzene rings is 2. The second-order valence-corrected chi connectivity index (χ2v) is 7.50. The van der Waals surface area contributed by atoms with E-state index in [4.69, 9.17) is 0 Å². The van der Waals surface area contributed by atoms with Gasteiger partial charge in [-0.25, -0.2) is 4.79 Å². The highest BCUT2D eigenvalue weighted by atomic mass is 16.2. The largest absolute Gasteiger partial charge is 0.325 e. The van der Waals surface area contributed by atoms with Gasteiger partial charge in [0.25, 0.3) is 5.91 Å². The lowest BCUT2D eigenvalue weighted by molar-refractivity contribution is -0.131. The summed E-state index contributed by atoms with van der Waals surface area (Å²) in [6, 6.07) is 10.7. The number of Topliss-reactive ketones (excluding diaryl/α,β-unsaturated/α-hetero) is 1. The zero-order valence-corrected chi connectivity index (χ0v) is 17.1. The molecule has 1 fully saturated rings. The first-order valence-corrected chi connectivity index (χ1v) is 9.53. The molecule has 28 heavy (non-hydrogen) atoms. The van der Waals surface area contributed by atoms with Gasteiger partial charge in [-0.15, -0.1) is 0 Å². The Labute approximate surface area is 165 Å². The van der Waals surface area contributed by atoms with Crippen LogP contribution in [-0.4, -0.2) is 29.2 Å². The van der Waals surface area contributed by atoms with Gasteiger partial charge in [0.05, 0.1) is 6.54 Å². The molecule has 3 amide bonds. The fraction of sp³-hybridized carbons (Fsp3) is 0.348. The lowest BCUT2D eigenvalue weighted by Crippen LogP contribution is -2.43. The molecule has 0 bridgehead atoms. The summed E-state index contributed by atoms with van der Waals surface area (Å²) in [6.45, 7) is 9.33. The van der Waals surface area contributed by atoms with Gasteiger partial charge in [0.15, 0.2) is 5.78 Å². The number of hydrogen-bond acceptors (Lipinski definition) is 3. The number of amides is 3. The van der Waals surface area contributed by atoms with Crippen LogP contribution >= 0.6 is 0 Å². The molecule has 2 aromatic rings. The maximum atomic E-state index is 13.2. The summed E-state index contributed by atoms with van der Waals surface area (Å²) in [5, 5.41) is 2.83. The molecule has 1 aliphatic heterocycles. The lowest BCUT2D eigenvalue weighted by atomic mass is 9.87. The Bertz CT molecular complexity index is 939. The third kappa shape index (κ3) is 3.01. The van der Waals surface area contributed by atoms with Crippen LogP contribution in [0, 0.1) is 27.7 Å². The van der Waals surface area contributed by atoms with Gasteiger partial charge in [0.2, 0.25) is 0 Å². The normalized spacial score (nSPS) is 19.1. The van der Waals surface area contributed by atoms with E-state index < -0.39 is 11.6 Å². The van der Waals surface area contributed by atoms with Gasteiger partial charge in [-0.2, -0.15) is 0 Å². The summed E-state index contributed by atoms with van der Waals surface area (Å²) in [4.78, 5) is 40.0. The number of carbonyl (C=O) groups is 3. The Balaban J connectivity index is 1.95. The third-order valence-corrected chi connectivity index (χ3v) is 5.92. The van der Waals surface area contributed by atoms with E-state index in [1.165, 1.54) is 0 Å². The zero-order valence-electron chi connectivity index (χ0n) is 17.1. The van der Waals surface area contributed by atoms with Gasteiger partial charge in [-0.1, -0.05) is 43.3 Å². The predicted octanol–water partition coefficient (Wildman–Crippen LogP) is 3.96. The molecule has 0 aliphatic carbocycles. The first-order valence-electron chi connectivity index (χ1n) is 9.53. The molecule has 1 atom stereocenters. The maximum absolute atomic E-state index is 13.2. The topological polar surface area (TPSA) is 66.5 Å². The second kappa shape index (κ2) is 7.23. The summed E-state index contributed by atoms with van der Waals surface area (Å²) in [6.07, 6.45) is 0.411. The zero-order chi connectivity index (χ0) is 20.6. The van der Waals surface area contributed by atoms with Gasteiger partial charge in [0.1, 0.15) is 5.54 Å². The molecule has 1 N–H and O–H groups in total. The molecule has 146 valence electrons. The molecule has 0 spiro atoms. The minimum Gasteiger partial charge on any atom is -0.319 e. The fourth-order valence-corrected chi connectivity index (χ4v) is 3.99. The highest BCUT2D eigenvalue weighted by Crippen LogP contribution is 2.32. The molecule has 1 saturated heterocycles. The van der Waals surface area contributed by atoms with Crippen LogP contribution in [0.15, 0.2) is 36.4 Å². The van der Waals surface area contributed by atoms with Gasteiger partial charge in [0, 0.05) is 5.56 Å². The Morgan fingerprint density at radius 3 is 2.11 bits per heavy atom. The van der Waals surface area contributed by atoms with E-state index in [1.807, 2.05) is 71.0 Å². The van der Waals surface area contributed by atoms with E-state index >= 15 is 0 Å². The van der Waals surface area contributed by atoms with E-state index in [0.29, 0.717) is 12.0 Å². The number of urea groups is 1. The van der Waals surface area contributed by atoms with E-state index in [2.05, 4.69) is 5.32 Å². The fourth-order valence-electron chi connectivity index (χ4n) is 3.99. The van der Waals surface area contributed by atoms with Crippen molar-refractivity contribution in [3.63, 3.8) is 0 Å². The van der Waals surface area contributed by atoms with Crippen LogP contribution in [0.4, 0.5) is 4.79 Å². The molecule has 1 heterocycles. The third-order valence-electron chi connectivity index (χ3n) is 5.92. The van der Waals surface area contributed by atoms with Crippen LogP contribution in [0.2, 0.25) is 0 Å². The number of imide groups is 1. The van der Waals surface area contributed by atoms with E-state index in [1.54, 1.807) is 0 Å². The number of aryl methyl sites for hydroxylation is 2. The Hall–Kier alpha value is -2.95. The van der Waals surface area contributed by atoms with Crippen molar-refractivity contribution in [2.24, 2.45) is 0 Å². The van der Waals surface area contributed by atoms with Crippen molar-refractivity contribution in [2.75, 3.05) is 6.54 Å². The average molecular weight is 378 g/mol. The van der Waals surface area contributed by atoms with E-state index in [-0.39, 0.29) is 18.2 Å². The molecule has 2 aromatic carbocycles. The van der Waals surface area contributed by atoms with Gasteiger partial charge in [-0.3, -0.25) is 14.5 Å². The van der Waals surface area contributed by atoms with Crippen LogP contribution in [0.25, 0.3) is 0 Å². The summed E-state index contributed by atoms with van der Waals surface area (Å²) in [5.74, 6) is -0.593. The monoisotopic (exact) mass is 378 g/mol. The standard InChI is InChI=1S/C23H26N2O3/c1-6-23(18-10-8-7-9-11-18)21(27)25(22(28)24-23)13-19(26)20-16(4)14(2)12-15(3)17(20)5/h7-12H,6,13H2,1-5H3,(H,24,28)/t23-/m1/s1. The Morgan fingerprint density at radius 1 is 1.00 bits per heavy atom. The molecular weight excluding hydrogens is 352 g/mol. The van der Waals surface area contributed by atoms with Crippen molar-refractivity contribution in [3.05, 3.63) is 69.8 Å². The summed E-state index contributed by atoms with van der Waals surface area (Å²) in [5.41, 5.74) is 4.04. The van der Waals surface area contributed by atoms with Crippen molar-refractivity contribution in [1.29, 1.82) is 0 Å². The lowest BCUT2D eigenvalue weighted by Gasteiger charge is -2.25. The van der Waals surface area contributed by atoms with Crippen molar-refractivity contribution >= 4 is 17.7 Å². The van der Waals surface area contributed by atoms with E-state index in [9.17, 15) is 14.4 Å². The highest BCUT2D eigenvalue weighted by Gasteiger charge is 2.51. The number of rotatable bonds is 5. The number of hydrogen-bond donors (Lipinski definition) is 1. The predicted molar refractivity (Wildman–Crippen MR) is 108 cm³/mol. The summed E-state index contributed by atoms with van der Waals surface area (Å²) in [7, 11) is 0. The minimum atomic E-state index is -1.12. The number of nitrogens with zero attached hydrogens (tertiary/aromatic N) is 1. The Morgan fingerprint density at radius 2 is 1.57 bits per heavy atom. The van der Waals surface area contributed by atoms with Crippen LogP contribution in [0.3, 0.4) is 0 Å². The van der Waals surface area contributed by atoms with Gasteiger partial charge in [-0.05, 0) is 61.9 Å². The van der Waals surface area contributed by atoms with Gasteiger partial charge >= 0.3 is 6.03 Å². The number of nitrogens with one attached hydrogen (secondary N) is 1. The minimum absolute atomic E-state index is 0.217. The van der Waals surface area contributed by atoms with Crippen LogP contribution in [-0.2, 0) is 10.3 Å². The smallest absolute Gasteiger partial charge is 0.319 e. The first-order chi connectivity index (χ1) is 13.2. The summed E-state index contributed by atoms with van der Waals surface area (Å²) >= 11 is 0. The first kappa shape index (κ1) is 19.8. The SMILES string of the molecule is CC[C@]1(c2ccccc2)NC(=O)N(CC(=O)c2c(C)c(C)cc(C)c2C)C1=O.